The van der Waals surface area contributed by atoms with E-state index in [-0.39, 0.29) is 11.8 Å². The molecule has 5 heteroatoms. The summed E-state index contributed by atoms with van der Waals surface area (Å²) in [7, 11) is 0. The summed E-state index contributed by atoms with van der Waals surface area (Å²) in [5.41, 5.74) is 3.65. The Labute approximate surface area is 193 Å². The van der Waals surface area contributed by atoms with E-state index in [1.807, 2.05) is 84.9 Å². The third-order valence-electron chi connectivity index (χ3n) is 5.11. The summed E-state index contributed by atoms with van der Waals surface area (Å²) >= 11 is 0. The molecule has 4 aromatic carbocycles. The van der Waals surface area contributed by atoms with Crippen LogP contribution in [-0.4, -0.2) is 17.9 Å². The topological polar surface area (TPSA) is 67.4 Å². The lowest BCUT2D eigenvalue weighted by molar-refractivity contribution is -0.122. The number of benzene rings is 4. The number of carbonyl (C=O) groups excluding carboxylic acids is 2. The number of nitrogens with one attached hydrogen (secondary N) is 2. The summed E-state index contributed by atoms with van der Waals surface area (Å²) < 4.78 is 5.91. The lowest BCUT2D eigenvalue weighted by Crippen LogP contribution is -2.31. The molecule has 0 saturated carbocycles. The van der Waals surface area contributed by atoms with Crippen molar-refractivity contribution in [3.63, 3.8) is 0 Å². The van der Waals surface area contributed by atoms with Gasteiger partial charge in [0.15, 0.2) is 6.10 Å². The van der Waals surface area contributed by atoms with Gasteiger partial charge in [-0.15, -0.1) is 0 Å². The molecule has 5 nitrogen and oxygen atoms in total. The van der Waals surface area contributed by atoms with E-state index in [1.54, 1.807) is 31.2 Å². The molecule has 2 amide bonds. The Morgan fingerprint density at radius 3 is 2.06 bits per heavy atom. The fourth-order valence-corrected chi connectivity index (χ4v) is 3.42. The monoisotopic (exact) mass is 436 g/mol. The number of para-hydroxylation sites is 3. The summed E-state index contributed by atoms with van der Waals surface area (Å²) in [5.74, 6) is -0.277. The van der Waals surface area contributed by atoms with Crippen LogP contribution in [0.1, 0.15) is 17.3 Å². The summed E-state index contributed by atoms with van der Waals surface area (Å²) in [6.07, 6.45) is -0.820. The fourth-order valence-electron chi connectivity index (χ4n) is 3.42. The van der Waals surface area contributed by atoms with Crippen molar-refractivity contribution in [3.8, 4) is 16.9 Å². The second-order valence-corrected chi connectivity index (χ2v) is 7.48. The molecule has 0 aliphatic heterocycles. The number of hydrogen-bond donors (Lipinski definition) is 2. The van der Waals surface area contributed by atoms with Crippen LogP contribution in [0.25, 0.3) is 11.1 Å². The Balaban J connectivity index is 1.48. The molecule has 0 heterocycles. The molecular weight excluding hydrogens is 412 g/mol. The number of amides is 2. The minimum Gasteiger partial charge on any atom is -0.480 e. The van der Waals surface area contributed by atoms with E-state index in [2.05, 4.69) is 10.6 Å². The summed E-state index contributed by atoms with van der Waals surface area (Å²) in [5, 5.41) is 5.80. The van der Waals surface area contributed by atoms with E-state index in [0.717, 1.165) is 11.1 Å². The van der Waals surface area contributed by atoms with Gasteiger partial charge in [0.1, 0.15) is 5.75 Å². The van der Waals surface area contributed by atoms with Crippen molar-refractivity contribution >= 4 is 23.2 Å². The SMILES string of the molecule is C[C@H](Oc1ccccc1C(=O)Nc1ccccc1)C(=O)Nc1ccccc1-c1ccccc1. The van der Waals surface area contributed by atoms with Crippen molar-refractivity contribution in [3.05, 3.63) is 115 Å². The Hall–Kier alpha value is -4.38. The molecule has 0 bridgehead atoms. The second kappa shape index (κ2) is 10.3. The predicted octanol–water partition coefficient (Wildman–Crippen LogP) is 6.01. The van der Waals surface area contributed by atoms with Crippen molar-refractivity contribution in [1.29, 1.82) is 0 Å². The lowest BCUT2D eigenvalue weighted by atomic mass is 10.0. The van der Waals surface area contributed by atoms with Gasteiger partial charge < -0.3 is 15.4 Å². The van der Waals surface area contributed by atoms with Gasteiger partial charge >= 0.3 is 0 Å². The average Bonchev–Trinajstić information content (AvgIpc) is 2.86. The van der Waals surface area contributed by atoms with E-state index < -0.39 is 6.10 Å². The van der Waals surface area contributed by atoms with E-state index in [9.17, 15) is 9.59 Å². The smallest absolute Gasteiger partial charge is 0.265 e. The third kappa shape index (κ3) is 5.46. The maximum atomic E-state index is 12.9. The first-order valence-electron chi connectivity index (χ1n) is 10.7. The molecule has 0 aromatic heterocycles. The quantitative estimate of drug-likeness (QED) is 0.373. The van der Waals surface area contributed by atoms with Gasteiger partial charge in [-0.2, -0.15) is 0 Å². The van der Waals surface area contributed by atoms with E-state index >= 15 is 0 Å². The molecule has 0 radical (unpaired) electrons. The first-order chi connectivity index (χ1) is 16.1. The van der Waals surface area contributed by atoms with E-state index in [4.69, 9.17) is 4.74 Å². The number of carbonyl (C=O) groups is 2. The molecule has 0 spiro atoms. The zero-order valence-electron chi connectivity index (χ0n) is 18.2. The molecule has 0 aliphatic carbocycles. The maximum Gasteiger partial charge on any atom is 0.265 e. The van der Waals surface area contributed by atoms with Crippen molar-refractivity contribution in [2.75, 3.05) is 10.6 Å². The average molecular weight is 437 g/mol. The van der Waals surface area contributed by atoms with Crippen LogP contribution in [0.5, 0.6) is 5.75 Å². The number of anilines is 2. The van der Waals surface area contributed by atoms with Crippen LogP contribution in [0.2, 0.25) is 0 Å². The largest absolute Gasteiger partial charge is 0.480 e. The molecule has 0 aliphatic rings. The van der Waals surface area contributed by atoms with Gasteiger partial charge in [0.25, 0.3) is 11.8 Å². The molecule has 2 N–H and O–H groups in total. The predicted molar refractivity (Wildman–Crippen MR) is 131 cm³/mol. The number of rotatable bonds is 7. The summed E-state index contributed by atoms with van der Waals surface area (Å²) in [6, 6.07) is 33.5. The number of ether oxygens (including phenoxy) is 1. The first kappa shape index (κ1) is 21.8. The Kier molecular flexibility index (Phi) is 6.81. The summed E-state index contributed by atoms with van der Waals surface area (Å²) in [6.45, 7) is 1.66. The standard InChI is InChI=1S/C28H24N2O3/c1-20(27(31)30-25-18-10-8-16-23(25)21-12-4-2-5-13-21)33-26-19-11-9-17-24(26)28(32)29-22-14-6-3-7-15-22/h2-20H,1H3,(H,29,32)(H,30,31)/t20-/m0/s1. The normalized spacial score (nSPS) is 11.3. The molecule has 1 atom stereocenters. The summed E-state index contributed by atoms with van der Waals surface area (Å²) in [4.78, 5) is 25.7. The van der Waals surface area contributed by atoms with Crippen molar-refractivity contribution < 1.29 is 14.3 Å². The highest BCUT2D eigenvalue weighted by atomic mass is 16.5. The Morgan fingerprint density at radius 2 is 1.30 bits per heavy atom. The fraction of sp³-hybridized carbons (Fsp3) is 0.0714. The van der Waals surface area contributed by atoms with Crippen LogP contribution >= 0.6 is 0 Å². The van der Waals surface area contributed by atoms with Crippen LogP contribution < -0.4 is 15.4 Å². The number of hydrogen-bond acceptors (Lipinski definition) is 3. The minimum absolute atomic E-state index is 0.307. The molecule has 4 rings (SSSR count). The van der Waals surface area contributed by atoms with Gasteiger partial charge in [-0.25, -0.2) is 0 Å². The van der Waals surface area contributed by atoms with Gasteiger partial charge in [0.05, 0.1) is 5.56 Å². The zero-order chi connectivity index (χ0) is 23.0. The van der Waals surface area contributed by atoms with Gasteiger partial charge in [-0.3, -0.25) is 9.59 Å². The molecule has 164 valence electrons. The second-order valence-electron chi connectivity index (χ2n) is 7.48. The minimum atomic E-state index is -0.820. The van der Waals surface area contributed by atoms with E-state index in [0.29, 0.717) is 22.7 Å². The first-order valence-corrected chi connectivity index (χ1v) is 10.7. The third-order valence-corrected chi connectivity index (χ3v) is 5.11. The Bertz CT molecular complexity index is 1240. The van der Waals surface area contributed by atoms with Gasteiger partial charge in [-0.05, 0) is 42.8 Å². The molecule has 33 heavy (non-hydrogen) atoms. The van der Waals surface area contributed by atoms with Gasteiger partial charge in [0, 0.05) is 16.9 Å². The highest BCUT2D eigenvalue weighted by Crippen LogP contribution is 2.28. The van der Waals surface area contributed by atoms with Crippen molar-refractivity contribution in [2.45, 2.75) is 13.0 Å². The Morgan fingerprint density at radius 1 is 0.697 bits per heavy atom. The van der Waals surface area contributed by atoms with Crippen LogP contribution in [0.15, 0.2) is 109 Å². The molecular formula is C28H24N2O3. The van der Waals surface area contributed by atoms with E-state index in [1.165, 1.54) is 0 Å². The maximum absolute atomic E-state index is 12.9. The van der Waals surface area contributed by atoms with Crippen LogP contribution in [0.3, 0.4) is 0 Å². The van der Waals surface area contributed by atoms with Gasteiger partial charge in [-0.1, -0.05) is 78.9 Å². The lowest BCUT2D eigenvalue weighted by Gasteiger charge is -2.18. The highest BCUT2D eigenvalue weighted by Gasteiger charge is 2.20. The molecule has 4 aromatic rings. The van der Waals surface area contributed by atoms with Crippen molar-refractivity contribution in [2.24, 2.45) is 0 Å². The van der Waals surface area contributed by atoms with Gasteiger partial charge in [0.2, 0.25) is 0 Å². The van der Waals surface area contributed by atoms with Crippen LogP contribution in [-0.2, 0) is 4.79 Å². The molecule has 0 fully saturated rings. The highest BCUT2D eigenvalue weighted by molar-refractivity contribution is 6.06. The van der Waals surface area contributed by atoms with Crippen molar-refractivity contribution in [1.82, 2.24) is 0 Å². The van der Waals surface area contributed by atoms with Crippen LogP contribution in [0, 0.1) is 0 Å². The molecule has 0 unspecified atom stereocenters. The zero-order valence-corrected chi connectivity index (χ0v) is 18.2. The molecule has 0 saturated heterocycles. The van der Waals surface area contributed by atoms with Crippen LogP contribution in [0.4, 0.5) is 11.4 Å².